The lowest BCUT2D eigenvalue weighted by Crippen LogP contribution is -2.53. The molecule has 0 radical (unpaired) electrons. The lowest BCUT2D eigenvalue weighted by molar-refractivity contribution is -0.904. The van der Waals surface area contributed by atoms with Crippen molar-refractivity contribution in [2.24, 2.45) is 5.92 Å². The third-order valence-electron chi connectivity index (χ3n) is 9.79. The molecule has 2 atom stereocenters. The summed E-state index contributed by atoms with van der Waals surface area (Å²) in [6, 6.07) is 17.3. The van der Waals surface area contributed by atoms with Gasteiger partial charge in [-0.2, -0.15) is 0 Å². The lowest BCUT2D eigenvalue weighted by Gasteiger charge is -2.44. The highest BCUT2D eigenvalue weighted by Gasteiger charge is 2.37. The summed E-state index contributed by atoms with van der Waals surface area (Å²) in [5.41, 5.74) is 2.73. The summed E-state index contributed by atoms with van der Waals surface area (Å²) in [4.78, 5) is 30.6. The number of anilines is 1. The second-order valence-corrected chi connectivity index (χ2v) is 13.6. The molecule has 0 spiro atoms. The van der Waals surface area contributed by atoms with Crippen LogP contribution in [0.5, 0.6) is 17.2 Å². The summed E-state index contributed by atoms with van der Waals surface area (Å²) < 4.78 is 23.3. The largest absolute Gasteiger partial charge is 0.545 e. The number of halogens is 2. The summed E-state index contributed by atoms with van der Waals surface area (Å²) in [6.07, 6.45) is 4.00. The van der Waals surface area contributed by atoms with Gasteiger partial charge in [-0.15, -0.1) is 0 Å². The molecule has 51 heavy (non-hydrogen) atoms. The van der Waals surface area contributed by atoms with Gasteiger partial charge in [0.05, 0.1) is 33.8 Å². The molecule has 3 aromatic carbocycles. The molecule has 3 aliphatic heterocycles. The minimum atomic E-state index is -1.38. The number of piperidine rings is 3. The van der Waals surface area contributed by atoms with Gasteiger partial charge in [-0.3, -0.25) is 15.0 Å². The molecule has 1 N–H and O–H groups in total. The van der Waals surface area contributed by atoms with Crippen LogP contribution in [-0.2, 0) is 17.7 Å². The number of carboxylic acid groups (broad SMARTS) is 1. The van der Waals surface area contributed by atoms with E-state index in [2.05, 4.69) is 4.90 Å². The number of fused-ring (bicyclic) bond motifs is 3. The Kier molecular flexibility index (Phi) is 11.1. The van der Waals surface area contributed by atoms with Crippen molar-refractivity contribution in [3.8, 4) is 17.2 Å². The summed E-state index contributed by atoms with van der Waals surface area (Å²) >= 11 is 13.2. The fourth-order valence-electron chi connectivity index (χ4n) is 7.04. The van der Waals surface area contributed by atoms with Crippen LogP contribution in [-0.4, -0.2) is 69.2 Å². The second kappa shape index (κ2) is 15.7. The molecule has 0 saturated carbocycles. The number of pyridine rings is 1. The molecule has 0 aliphatic carbocycles. The normalized spacial score (nSPS) is 18.5. The summed E-state index contributed by atoms with van der Waals surface area (Å²) in [6.45, 7) is 2.79. The topological polar surface area (TPSA) is 125 Å². The molecule has 2 bridgehead atoms. The number of benzene rings is 3. The highest BCUT2D eigenvalue weighted by atomic mass is 35.5. The van der Waals surface area contributed by atoms with E-state index in [0.717, 1.165) is 30.7 Å². The van der Waals surface area contributed by atoms with Gasteiger partial charge in [0.15, 0.2) is 11.5 Å². The molecule has 4 heterocycles. The van der Waals surface area contributed by atoms with Gasteiger partial charge in [0.2, 0.25) is 12.4 Å². The van der Waals surface area contributed by atoms with Gasteiger partial charge in [-0.1, -0.05) is 47.5 Å². The first-order valence-electron chi connectivity index (χ1n) is 16.6. The maximum Gasteiger partial charge on any atom is 0.414 e. The van der Waals surface area contributed by atoms with E-state index in [4.69, 9.17) is 42.1 Å². The van der Waals surface area contributed by atoms with Crippen LogP contribution in [0.15, 0.2) is 73.1 Å². The van der Waals surface area contributed by atoms with Crippen LogP contribution in [0, 0.1) is 5.92 Å². The molecule has 4 aromatic rings. The molecule has 3 fully saturated rings. The van der Waals surface area contributed by atoms with Gasteiger partial charge in [-0.05, 0) is 91.4 Å². The number of methoxy groups -OCH3 is 3. The maximum atomic E-state index is 14.0. The van der Waals surface area contributed by atoms with Crippen LogP contribution in [0.3, 0.4) is 0 Å². The van der Waals surface area contributed by atoms with E-state index >= 15 is 0 Å². The van der Waals surface area contributed by atoms with Crippen molar-refractivity contribution < 1.29 is 43.6 Å². The molecule has 268 valence electrons. The number of aromatic nitrogens is 1. The van der Waals surface area contributed by atoms with Gasteiger partial charge in [-0.25, -0.2) is 4.79 Å². The van der Waals surface area contributed by atoms with E-state index in [1.807, 2.05) is 6.07 Å². The Hall–Kier alpha value is -4.71. The molecular weight excluding hydrogens is 697 g/mol. The van der Waals surface area contributed by atoms with Crippen molar-refractivity contribution in [1.82, 2.24) is 4.90 Å². The van der Waals surface area contributed by atoms with Crippen molar-refractivity contribution in [3.05, 3.63) is 111 Å². The van der Waals surface area contributed by atoms with Crippen LogP contribution in [0.2, 0.25) is 10.0 Å². The number of carboxylic acids is 1. The average Bonchev–Trinajstić information content (AvgIpc) is 3.13. The molecule has 7 rings (SSSR count). The fourth-order valence-corrected chi connectivity index (χ4v) is 7.65. The standard InChI is InChI=1S/C38H39Cl2N3O8/c1-48-27-8-6-26(7-9-27)43(38(46)51-36-22-41-14-12-24(36)13-15-41)19-23-4-10-28(37(44)45)30(16-23)29(18-31-32(39)20-42(47)21-33(31)40)25-5-11-34(49-2)35(17-25)50-3/h4-11,16-17,20-21,24,29,36H,12-15,18-19,22H2,1-3H3,(H-,44,45,47)/t29-,36+/m1/s1. The van der Waals surface area contributed by atoms with Crippen molar-refractivity contribution in [3.63, 3.8) is 0 Å². The average molecular weight is 737 g/mol. The van der Waals surface area contributed by atoms with Crippen molar-refractivity contribution in [2.75, 3.05) is 45.9 Å². The number of amides is 1. The molecule has 3 saturated heterocycles. The van der Waals surface area contributed by atoms with Crippen LogP contribution in [0.4, 0.5) is 10.5 Å². The summed E-state index contributed by atoms with van der Waals surface area (Å²) in [5.74, 6) is -0.171. The van der Waals surface area contributed by atoms with Crippen molar-refractivity contribution >= 4 is 41.0 Å². The number of hydrogen-bond donors (Lipinski definition) is 1. The number of carbonyl (C=O) groups excluding carboxylic acids is 2. The van der Waals surface area contributed by atoms with E-state index in [-0.39, 0.29) is 34.7 Å². The zero-order valence-corrected chi connectivity index (χ0v) is 30.0. The number of carbonyl (C=O) groups is 2. The van der Waals surface area contributed by atoms with Gasteiger partial charge in [0.1, 0.15) is 21.9 Å². The first-order valence-corrected chi connectivity index (χ1v) is 17.3. The number of nitrogens with zero attached hydrogens (tertiary/aromatic N) is 3. The highest BCUT2D eigenvalue weighted by Crippen LogP contribution is 2.39. The van der Waals surface area contributed by atoms with Crippen molar-refractivity contribution in [1.29, 1.82) is 0 Å². The SMILES string of the molecule is COc1ccc(N(Cc2ccc(C(=O)[O-])c([C@H](Cc3c(Cl)c[n+](O)cc3Cl)c3ccc(OC)c(OC)c3)c2)C(=O)O[C@H]2CN3CCC2CC3)cc1. The van der Waals surface area contributed by atoms with E-state index in [0.29, 0.717) is 57.7 Å². The Bertz CT molecular complexity index is 1880. The minimum Gasteiger partial charge on any atom is -0.545 e. The van der Waals surface area contributed by atoms with Crippen LogP contribution in [0.25, 0.3) is 0 Å². The van der Waals surface area contributed by atoms with E-state index in [1.54, 1.807) is 60.5 Å². The van der Waals surface area contributed by atoms with Crippen LogP contribution < -0.4 is 28.9 Å². The third-order valence-corrected chi connectivity index (χ3v) is 10.4. The third kappa shape index (κ3) is 7.96. The number of hydrogen-bond acceptors (Lipinski definition) is 9. The van der Waals surface area contributed by atoms with Gasteiger partial charge in [0, 0.05) is 34.0 Å². The molecule has 11 nitrogen and oxygen atoms in total. The number of aromatic carboxylic acids is 1. The predicted octanol–water partition coefficient (Wildman–Crippen LogP) is 5.52. The Morgan fingerprint density at radius 3 is 2.22 bits per heavy atom. The predicted molar refractivity (Wildman–Crippen MR) is 188 cm³/mol. The highest BCUT2D eigenvalue weighted by molar-refractivity contribution is 6.35. The Labute approximate surface area is 306 Å². The summed E-state index contributed by atoms with van der Waals surface area (Å²) in [5, 5.41) is 23.1. The zero-order chi connectivity index (χ0) is 36.2. The molecule has 13 heteroatoms. The van der Waals surface area contributed by atoms with Crippen LogP contribution >= 0.6 is 23.2 Å². The van der Waals surface area contributed by atoms with Gasteiger partial charge in [0.25, 0.3) is 0 Å². The Morgan fingerprint density at radius 1 is 0.941 bits per heavy atom. The minimum absolute atomic E-state index is 0.0511. The number of ether oxygens (including phenoxy) is 4. The van der Waals surface area contributed by atoms with E-state index in [1.165, 1.54) is 32.7 Å². The Morgan fingerprint density at radius 2 is 1.63 bits per heavy atom. The molecule has 0 unspecified atom stereocenters. The van der Waals surface area contributed by atoms with E-state index < -0.39 is 18.0 Å². The lowest BCUT2D eigenvalue weighted by atomic mass is 9.82. The Balaban J connectivity index is 1.42. The van der Waals surface area contributed by atoms with E-state index in [9.17, 15) is 19.9 Å². The zero-order valence-electron chi connectivity index (χ0n) is 28.5. The first-order chi connectivity index (χ1) is 24.6. The second-order valence-electron chi connectivity index (χ2n) is 12.7. The smallest absolute Gasteiger partial charge is 0.414 e. The molecule has 1 aromatic heterocycles. The monoisotopic (exact) mass is 735 g/mol. The fraction of sp³-hybridized carbons (Fsp3) is 0.342. The molecular formula is C38H39Cl2N3O8. The van der Waals surface area contributed by atoms with Crippen molar-refractivity contribution in [2.45, 2.75) is 37.8 Å². The summed E-state index contributed by atoms with van der Waals surface area (Å²) in [7, 11) is 4.61. The van der Waals surface area contributed by atoms with Crippen LogP contribution in [0.1, 0.15) is 51.4 Å². The quantitative estimate of drug-likeness (QED) is 0.148. The molecule has 3 aliphatic rings. The van der Waals surface area contributed by atoms with Gasteiger partial charge < -0.3 is 28.8 Å². The maximum absolute atomic E-state index is 14.0. The van der Waals surface area contributed by atoms with Gasteiger partial charge >= 0.3 is 6.09 Å². The first kappa shape index (κ1) is 36.1. The number of rotatable bonds is 12. The molecule has 1 amide bonds.